The molecule has 0 aliphatic heterocycles. The van der Waals surface area contributed by atoms with Crippen LogP contribution in [0.2, 0.25) is 0 Å². The van der Waals surface area contributed by atoms with E-state index in [9.17, 15) is 0 Å². The van der Waals surface area contributed by atoms with Gasteiger partial charge in [-0.15, -0.1) is 0 Å². The van der Waals surface area contributed by atoms with Gasteiger partial charge in [0.05, 0.1) is 0 Å². The first-order valence-corrected chi connectivity index (χ1v) is 5.52. The zero-order valence-electron chi connectivity index (χ0n) is 8.15. The Labute approximate surface area is 89.3 Å². The van der Waals surface area contributed by atoms with Gasteiger partial charge in [0.1, 0.15) is 4.99 Å². The molecule has 1 heterocycles. The second-order valence-electron chi connectivity index (χ2n) is 3.81. The van der Waals surface area contributed by atoms with Gasteiger partial charge in [-0.05, 0) is 12.8 Å². The Morgan fingerprint density at radius 1 is 1.43 bits per heavy atom. The molecule has 2 rings (SSSR count). The van der Waals surface area contributed by atoms with E-state index in [-0.39, 0.29) is 0 Å². The Morgan fingerprint density at radius 3 is 2.79 bits per heavy atom. The first kappa shape index (κ1) is 9.65. The van der Waals surface area contributed by atoms with Crippen LogP contribution in [0.3, 0.4) is 0 Å². The fraction of sp³-hybridized carbons (Fsp3) is 0.600. The van der Waals surface area contributed by atoms with E-state index in [1.54, 1.807) is 6.20 Å². The van der Waals surface area contributed by atoms with E-state index in [1.807, 2.05) is 6.20 Å². The van der Waals surface area contributed by atoms with Gasteiger partial charge >= 0.3 is 0 Å². The number of nitrogens with two attached hydrogens (primary N) is 1. The highest BCUT2D eigenvalue weighted by Gasteiger charge is 2.18. The lowest BCUT2D eigenvalue weighted by molar-refractivity contribution is 0.352. The van der Waals surface area contributed by atoms with Gasteiger partial charge < -0.3 is 10.3 Å². The van der Waals surface area contributed by atoms with Gasteiger partial charge in [0, 0.05) is 18.4 Å². The predicted molar refractivity (Wildman–Crippen MR) is 60.2 cm³/mol. The Morgan fingerprint density at radius 2 is 2.14 bits per heavy atom. The summed E-state index contributed by atoms with van der Waals surface area (Å²) in [4.78, 5) is 4.59. The molecule has 76 valence electrons. The van der Waals surface area contributed by atoms with Crippen LogP contribution in [0, 0.1) is 0 Å². The molecule has 1 aliphatic rings. The molecule has 0 bridgehead atoms. The maximum absolute atomic E-state index is 5.61. The lowest BCUT2D eigenvalue weighted by Crippen LogP contribution is -2.21. The third-order valence-corrected chi connectivity index (χ3v) is 3.04. The zero-order valence-corrected chi connectivity index (χ0v) is 8.96. The molecular weight excluding hydrogens is 194 g/mol. The van der Waals surface area contributed by atoms with Crippen LogP contribution >= 0.6 is 12.2 Å². The largest absolute Gasteiger partial charge is 0.387 e. The maximum Gasteiger partial charge on any atom is 0.167 e. The van der Waals surface area contributed by atoms with E-state index in [0.717, 1.165) is 5.82 Å². The van der Waals surface area contributed by atoms with Gasteiger partial charge in [0.2, 0.25) is 0 Å². The number of hydrogen-bond donors (Lipinski definition) is 1. The van der Waals surface area contributed by atoms with Crippen molar-refractivity contribution in [1.82, 2.24) is 9.55 Å². The van der Waals surface area contributed by atoms with E-state index in [1.165, 1.54) is 32.1 Å². The lowest BCUT2D eigenvalue weighted by atomic mass is 9.95. The monoisotopic (exact) mass is 209 g/mol. The van der Waals surface area contributed by atoms with Gasteiger partial charge in [-0.2, -0.15) is 0 Å². The van der Waals surface area contributed by atoms with Crippen LogP contribution in [0.15, 0.2) is 12.4 Å². The highest BCUT2D eigenvalue weighted by Crippen LogP contribution is 2.28. The molecule has 0 saturated heterocycles. The second-order valence-corrected chi connectivity index (χ2v) is 4.25. The van der Waals surface area contributed by atoms with Crippen LogP contribution in [0.25, 0.3) is 0 Å². The molecule has 0 radical (unpaired) electrons. The molecule has 0 amide bonds. The van der Waals surface area contributed by atoms with Crippen molar-refractivity contribution in [3.8, 4) is 0 Å². The summed E-state index contributed by atoms with van der Waals surface area (Å²) in [7, 11) is 0. The summed E-state index contributed by atoms with van der Waals surface area (Å²) in [5, 5.41) is 0. The molecule has 0 atom stereocenters. The molecule has 1 aromatic rings. The summed E-state index contributed by atoms with van der Waals surface area (Å²) in [5.41, 5.74) is 5.61. The van der Waals surface area contributed by atoms with Crippen LogP contribution in [0.5, 0.6) is 0 Å². The van der Waals surface area contributed by atoms with Crippen molar-refractivity contribution in [1.29, 1.82) is 0 Å². The third kappa shape index (κ3) is 1.80. The van der Waals surface area contributed by atoms with E-state index >= 15 is 0 Å². The molecule has 0 unspecified atom stereocenters. The average molecular weight is 209 g/mol. The van der Waals surface area contributed by atoms with Crippen molar-refractivity contribution >= 4 is 17.2 Å². The molecule has 1 saturated carbocycles. The highest BCUT2D eigenvalue weighted by atomic mass is 32.1. The molecule has 2 N–H and O–H groups in total. The van der Waals surface area contributed by atoms with Crippen LogP contribution in [0.4, 0.5) is 0 Å². The van der Waals surface area contributed by atoms with Crippen LogP contribution in [-0.2, 0) is 0 Å². The molecule has 1 aliphatic carbocycles. The molecule has 1 aromatic heterocycles. The number of aromatic nitrogens is 2. The number of rotatable bonds is 2. The van der Waals surface area contributed by atoms with Gasteiger partial charge in [-0.3, -0.25) is 0 Å². The van der Waals surface area contributed by atoms with E-state index < -0.39 is 0 Å². The van der Waals surface area contributed by atoms with E-state index in [2.05, 4.69) is 9.55 Å². The van der Waals surface area contributed by atoms with Crippen LogP contribution in [-0.4, -0.2) is 14.5 Å². The average Bonchev–Trinajstić information content (AvgIpc) is 2.67. The fourth-order valence-corrected chi connectivity index (χ4v) is 2.32. The van der Waals surface area contributed by atoms with Crippen molar-refractivity contribution in [2.24, 2.45) is 5.73 Å². The molecule has 1 fully saturated rings. The minimum Gasteiger partial charge on any atom is -0.387 e. The van der Waals surface area contributed by atoms with Crippen molar-refractivity contribution in [3.63, 3.8) is 0 Å². The molecule has 14 heavy (non-hydrogen) atoms. The molecule has 0 spiro atoms. The number of imidazole rings is 1. The van der Waals surface area contributed by atoms with Crippen molar-refractivity contribution in [2.75, 3.05) is 0 Å². The van der Waals surface area contributed by atoms with Crippen LogP contribution < -0.4 is 5.73 Å². The molecular formula is C10H15N3S. The first-order valence-electron chi connectivity index (χ1n) is 5.11. The predicted octanol–water partition coefficient (Wildman–Crippen LogP) is 2.02. The summed E-state index contributed by atoms with van der Waals surface area (Å²) in [5.74, 6) is 0.770. The summed E-state index contributed by atoms with van der Waals surface area (Å²) in [6, 6.07) is 0.558. The normalized spacial score (nSPS) is 18.3. The first-order chi connectivity index (χ1) is 6.79. The smallest absolute Gasteiger partial charge is 0.167 e. The Kier molecular flexibility index (Phi) is 2.82. The van der Waals surface area contributed by atoms with E-state index in [0.29, 0.717) is 11.0 Å². The number of nitrogens with zero attached hydrogens (tertiary/aromatic N) is 2. The van der Waals surface area contributed by atoms with Gasteiger partial charge in [-0.1, -0.05) is 31.5 Å². The summed E-state index contributed by atoms with van der Waals surface area (Å²) in [6.07, 6.45) is 10.2. The highest BCUT2D eigenvalue weighted by molar-refractivity contribution is 7.80. The van der Waals surface area contributed by atoms with Crippen molar-refractivity contribution in [2.45, 2.75) is 38.1 Å². The Hall–Kier alpha value is -0.900. The minimum atomic E-state index is 0.403. The fourth-order valence-electron chi connectivity index (χ4n) is 2.16. The number of thiocarbonyl (C=S) groups is 1. The standard InChI is InChI=1S/C10H15N3S/c11-9(14)10-12-6-7-13(10)8-4-2-1-3-5-8/h6-8H,1-5H2,(H2,11,14). The summed E-state index contributed by atoms with van der Waals surface area (Å²) < 4.78 is 2.14. The lowest BCUT2D eigenvalue weighted by Gasteiger charge is -2.24. The SMILES string of the molecule is NC(=S)c1nccn1C1CCCCC1. The molecule has 0 aromatic carbocycles. The van der Waals surface area contributed by atoms with Crippen molar-refractivity contribution < 1.29 is 0 Å². The van der Waals surface area contributed by atoms with Gasteiger partial charge in [-0.25, -0.2) is 4.98 Å². The number of hydrogen-bond acceptors (Lipinski definition) is 2. The quantitative estimate of drug-likeness (QED) is 0.758. The minimum absolute atomic E-state index is 0.403. The zero-order chi connectivity index (χ0) is 9.97. The summed E-state index contributed by atoms with van der Waals surface area (Å²) in [6.45, 7) is 0. The van der Waals surface area contributed by atoms with Gasteiger partial charge in [0.25, 0.3) is 0 Å². The topological polar surface area (TPSA) is 43.8 Å². The van der Waals surface area contributed by atoms with Crippen molar-refractivity contribution in [3.05, 3.63) is 18.2 Å². The van der Waals surface area contributed by atoms with Gasteiger partial charge in [0.15, 0.2) is 5.82 Å². The Balaban J connectivity index is 2.21. The maximum atomic E-state index is 5.61. The molecule has 3 nitrogen and oxygen atoms in total. The summed E-state index contributed by atoms with van der Waals surface area (Å²) >= 11 is 4.97. The Bertz CT molecular complexity index is 326. The van der Waals surface area contributed by atoms with E-state index in [4.69, 9.17) is 18.0 Å². The molecule has 4 heteroatoms. The second kappa shape index (κ2) is 4.09. The van der Waals surface area contributed by atoms with Crippen LogP contribution in [0.1, 0.15) is 44.0 Å². The third-order valence-electron chi connectivity index (χ3n) is 2.86.